The summed E-state index contributed by atoms with van der Waals surface area (Å²) in [5, 5.41) is 2.19. The minimum absolute atomic E-state index is 0.0665. The SMILES string of the molecule is O=C(C1C[NH2+]C[C@]12CCCc1nc(C(F)F)sc12)N1CC[C@@H](c2ccccc2)C[C@H]1C1CCCCC1. The maximum absolute atomic E-state index is 14.5. The first-order valence-electron chi connectivity index (χ1n) is 14.0. The molecule has 1 aromatic carbocycles. The van der Waals surface area contributed by atoms with E-state index in [1.54, 1.807) is 0 Å². The number of alkyl halides is 2. The van der Waals surface area contributed by atoms with Gasteiger partial charge in [-0.25, -0.2) is 13.8 Å². The number of piperidine rings is 1. The van der Waals surface area contributed by atoms with E-state index in [-0.39, 0.29) is 28.3 Å². The molecule has 2 aliphatic heterocycles. The van der Waals surface area contributed by atoms with Gasteiger partial charge in [0.1, 0.15) is 5.92 Å². The van der Waals surface area contributed by atoms with Gasteiger partial charge in [-0.1, -0.05) is 49.6 Å². The Bertz CT molecular complexity index is 1070. The molecule has 0 radical (unpaired) electrons. The second-order valence-corrected chi connectivity index (χ2v) is 12.6. The van der Waals surface area contributed by atoms with Gasteiger partial charge in [-0.2, -0.15) is 0 Å². The molecule has 1 saturated carbocycles. The van der Waals surface area contributed by atoms with E-state index in [9.17, 15) is 13.6 Å². The number of halogens is 2. The van der Waals surface area contributed by atoms with E-state index in [1.165, 1.54) is 49.0 Å². The summed E-state index contributed by atoms with van der Waals surface area (Å²) in [4.78, 5) is 22.1. The molecule has 1 unspecified atom stereocenters. The summed E-state index contributed by atoms with van der Waals surface area (Å²) < 4.78 is 27.1. The first-order valence-corrected chi connectivity index (χ1v) is 14.8. The number of carbonyl (C=O) groups excluding carboxylic acids is 1. The van der Waals surface area contributed by atoms with Crippen molar-refractivity contribution in [1.82, 2.24) is 9.88 Å². The Balaban J connectivity index is 1.30. The van der Waals surface area contributed by atoms with Gasteiger partial charge in [0.2, 0.25) is 5.91 Å². The Labute approximate surface area is 216 Å². The van der Waals surface area contributed by atoms with Gasteiger partial charge in [0.05, 0.1) is 24.2 Å². The maximum Gasteiger partial charge on any atom is 0.289 e. The van der Waals surface area contributed by atoms with E-state index in [0.717, 1.165) is 62.3 Å². The van der Waals surface area contributed by atoms with Crippen LogP contribution < -0.4 is 5.32 Å². The van der Waals surface area contributed by atoms with E-state index in [0.29, 0.717) is 11.8 Å². The highest BCUT2D eigenvalue weighted by molar-refractivity contribution is 7.12. The molecule has 2 N–H and O–H groups in total. The second kappa shape index (κ2) is 10.1. The van der Waals surface area contributed by atoms with E-state index < -0.39 is 6.43 Å². The highest BCUT2D eigenvalue weighted by Gasteiger charge is 2.56. The normalized spacial score (nSPS) is 31.2. The van der Waals surface area contributed by atoms with E-state index >= 15 is 0 Å². The maximum atomic E-state index is 14.5. The standard InChI is InChI=1S/C29H37F2N3OS/c30-26(31)27-33-23-12-7-14-29(25(23)36-27)18-32-17-22(29)28(35)34-15-13-21(19-8-3-1-4-9-19)16-24(34)20-10-5-2-6-11-20/h1,3-4,8-9,20-22,24,26,32H,2,5-7,10-18H2/p+1/t21-,22?,24+,29-/m1/s1. The van der Waals surface area contributed by atoms with Crippen LogP contribution >= 0.6 is 11.3 Å². The molecular formula is C29H38F2N3OS+. The van der Waals surface area contributed by atoms with Crippen molar-refractivity contribution >= 4 is 17.2 Å². The Kier molecular flexibility index (Phi) is 6.89. The Morgan fingerprint density at radius 2 is 1.92 bits per heavy atom. The number of hydrogen-bond donors (Lipinski definition) is 1. The fourth-order valence-corrected chi connectivity index (χ4v) is 9.16. The van der Waals surface area contributed by atoms with E-state index in [1.807, 2.05) is 0 Å². The minimum Gasteiger partial charge on any atom is -0.345 e. The lowest BCUT2D eigenvalue weighted by Gasteiger charge is -2.47. The number of hydrogen-bond acceptors (Lipinski definition) is 3. The number of nitrogens with two attached hydrogens (primary N) is 1. The number of quaternary nitrogens is 1. The molecule has 36 heavy (non-hydrogen) atoms. The molecule has 7 heteroatoms. The molecule has 194 valence electrons. The highest BCUT2D eigenvalue weighted by atomic mass is 32.1. The van der Waals surface area contributed by atoms with Crippen LogP contribution in [0.15, 0.2) is 30.3 Å². The van der Waals surface area contributed by atoms with Crippen LogP contribution in [0.2, 0.25) is 0 Å². The summed E-state index contributed by atoms with van der Waals surface area (Å²) in [5.41, 5.74) is 1.90. The minimum atomic E-state index is -2.54. The number of nitrogens with zero attached hydrogens (tertiary/aromatic N) is 2. The Hall–Kier alpha value is -1.86. The Morgan fingerprint density at radius 1 is 1.11 bits per heavy atom. The average Bonchev–Trinajstić information content (AvgIpc) is 3.55. The molecule has 3 fully saturated rings. The summed E-state index contributed by atoms with van der Waals surface area (Å²) in [5.74, 6) is 1.22. The third kappa shape index (κ3) is 4.30. The van der Waals surface area contributed by atoms with Crippen molar-refractivity contribution in [2.75, 3.05) is 19.6 Å². The van der Waals surface area contributed by atoms with Crippen molar-refractivity contribution < 1.29 is 18.9 Å². The number of amides is 1. The van der Waals surface area contributed by atoms with Gasteiger partial charge in [-0.3, -0.25) is 4.79 Å². The summed E-state index contributed by atoms with van der Waals surface area (Å²) in [6.45, 7) is 2.38. The molecule has 1 aromatic heterocycles. The number of aromatic nitrogens is 1. The number of carbonyl (C=O) groups is 1. The van der Waals surface area contributed by atoms with E-state index in [4.69, 9.17) is 0 Å². The van der Waals surface area contributed by atoms with Crippen LogP contribution in [0, 0.1) is 11.8 Å². The van der Waals surface area contributed by atoms with Gasteiger partial charge in [0, 0.05) is 17.5 Å². The topological polar surface area (TPSA) is 49.8 Å². The molecule has 3 heterocycles. The molecule has 2 aliphatic carbocycles. The molecule has 2 saturated heterocycles. The van der Waals surface area contributed by atoms with Crippen molar-refractivity contribution in [1.29, 1.82) is 0 Å². The molecule has 1 spiro atoms. The van der Waals surface area contributed by atoms with Crippen LogP contribution in [0.4, 0.5) is 8.78 Å². The zero-order valence-electron chi connectivity index (χ0n) is 21.0. The van der Waals surface area contributed by atoms with Gasteiger partial charge in [-0.15, -0.1) is 11.3 Å². The van der Waals surface area contributed by atoms with Crippen LogP contribution in [0.1, 0.15) is 91.3 Å². The largest absolute Gasteiger partial charge is 0.345 e. The van der Waals surface area contributed by atoms with Gasteiger partial charge >= 0.3 is 0 Å². The number of likely N-dealkylation sites (tertiary alicyclic amines) is 1. The third-order valence-corrected chi connectivity index (χ3v) is 11.0. The van der Waals surface area contributed by atoms with Gasteiger partial charge in [0.15, 0.2) is 5.01 Å². The van der Waals surface area contributed by atoms with Crippen molar-refractivity contribution in [3.63, 3.8) is 0 Å². The Morgan fingerprint density at radius 3 is 2.69 bits per heavy atom. The summed E-state index contributed by atoms with van der Waals surface area (Å²) >= 11 is 1.18. The quantitative estimate of drug-likeness (QED) is 0.610. The molecule has 0 bridgehead atoms. The number of aryl methyl sites for hydroxylation is 1. The lowest BCUT2D eigenvalue weighted by atomic mass is 9.68. The monoisotopic (exact) mass is 514 g/mol. The van der Waals surface area contributed by atoms with Crippen LogP contribution in [0.25, 0.3) is 0 Å². The second-order valence-electron chi connectivity index (χ2n) is 11.5. The van der Waals surface area contributed by atoms with Gasteiger partial charge in [0.25, 0.3) is 6.43 Å². The zero-order valence-corrected chi connectivity index (χ0v) is 21.8. The number of fused-ring (bicyclic) bond motifs is 2. The number of rotatable bonds is 4. The zero-order chi connectivity index (χ0) is 24.7. The lowest BCUT2D eigenvalue weighted by molar-refractivity contribution is -0.640. The predicted octanol–water partition coefficient (Wildman–Crippen LogP) is 5.20. The van der Waals surface area contributed by atoms with Crippen molar-refractivity contribution in [3.8, 4) is 0 Å². The number of thiazole rings is 1. The van der Waals surface area contributed by atoms with Crippen LogP contribution in [-0.2, 0) is 16.6 Å². The van der Waals surface area contributed by atoms with Crippen molar-refractivity contribution in [2.24, 2.45) is 11.8 Å². The van der Waals surface area contributed by atoms with Crippen LogP contribution in [-0.4, -0.2) is 41.5 Å². The molecule has 2 aromatic rings. The highest BCUT2D eigenvalue weighted by Crippen LogP contribution is 2.49. The fourth-order valence-electron chi connectivity index (χ4n) is 7.91. The van der Waals surface area contributed by atoms with E-state index in [2.05, 4.69) is 45.5 Å². The fraction of sp³-hybridized carbons (Fsp3) is 0.655. The van der Waals surface area contributed by atoms with Crippen molar-refractivity contribution in [3.05, 3.63) is 51.5 Å². The van der Waals surface area contributed by atoms with Crippen LogP contribution in [0.3, 0.4) is 0 Å². The number of benzene rings is 1. The smallest absolute Gasteiger partial charge is 0.289 e. The first kappa shape index (κ1) is 24.5. The molecule has 4 nitrogen and oxygen atoms in total. The summed E-state index contributed by atoms with van der Waals surface area (Å²) in [6, 6.07) is 11.1. The molecule has 1 amide bonds. The first-order chi connectivity index (χ1) is 17.6. The van der Waals surface area contributed by atoms with Crippen molar-refractivity contribution in [2.45, 2.75) is 88.0 Å². The average molecular weight is 515 g/mol. The van der Waals surface area contributed by atoms with Gasteiger partial charge in [-0.05, 0) is 62.3 Å². The molecule has 6 rings (SSSR count). The molecular weight excluding hydrogens is 476 g/mol. The molecule has 4 atom stereocenters. The van der Waals surface area contributed by atoms with Gasteiger partial charge < -0.3 is 10.2 Å². The third-order valence-electron chi connectivity index (χ3n) is 9.66. The lowest BCUT2D eigenvalue weighted by Crippen LogP contribution is -2.82. The molecule has 4 aliphatic rings. The predicted molar refractivity (Wildman–Crippen MR) is 137 cm³/mol. The summed E-state index contributed by atoms with van der Waals surface area (Å²) in [6.07, 6.45) is 8.38. The van der Waals surface area contributed by atoms with Crippen LogP contribution in [0.5, 0.6) is 0 Å². The summed E-state index contributed by atoms with van der Waals surface area (Å²) in [7, 11) is 0.